The first-order chi connectivity index (χ1) is 16.1. The van der Waals surface area contributed by atoms with E-state index in [2.05, 4.69) is 31.1 Å². The van der Waals surface area contributed by atoms with Crippen molar-refractivity contribution in [1.29, 1.82) is 0 Å². The molecule has 0 atom stereocenters. The topological polar surface area (TPSA) is 160 Å². The van der Waals surface area contributed by atoms with Gasteiger partial charge in [0.25, 0.3) is 11.8 Å². The van der Waals surface area contributed by atoms with Crippen LogP contribution >= 0.6 is 0 Å². The number of nitrogens with two attached hydrogens (primary N) is 2. The van der Waals surface area contributed by atoms with Gasteiger partial charge in [0, 0.05) is 24.7 Å². The monoisotopic (exact) mass is 448 g/mol. The first-order valence-electron chi connectivity index (χ1n) is 10.4. The number of rotatable bonds is 7. The van der Waals surface area contributed by atoms with Gasteiger partial charge in [-0.3, -0.25) is 9.59 Å². The van der Waals surface area contributed by atoms with E-state index in [0.29, 0.717) is 17.9 Å². The Bertz CT molecular complexity index is 1070. The van der Waals surface area contributed by atoms with E-state index in [1.807, 2.05) is 44.2 Å². The maximum absolute atomic E-state index is 12.4. The summed E-state index contributed by atoms with van der Waals surface area (Å²) in [6.45, 7) is 4.63. The number of hydrogen-bond donors (Lipinski definition) is 5. The van der Waals surface area contributed by atoms with Crippen molar-refractivity contribution in [2.75, 3.05) is 0 Å². The highest BCUT2D eigenvalue weighted by atomic mass is 16.2. The number of hydrazone groups is 1. The molecule has 2 aromatic carbocycles. The van der Waals surface area contributed by atoms with Crippen molar-refractivity contribution in [3.63, 3.8) is 0 Å². The summed E-state index contributed by atoms with van der Waals surface area (Å²) >= 11 is 0. The minimum atomic E-state index is -0.420. The van der Waals surface area contributed by atoms with Crippen molar-refractivity contribution in [2.45, 2.75) is 26.9 Å². The number of carbonyl (C=O) groups is 2. The molecule has 0 saturated heterocycles. The molecule has 1 heterocycles. The fraction of sp³-hybridized carbons (Fsp3) is 0.174. The second-order valence-corrected chi connectivity index (χ2v) is 6.46. The van der Waals surface area contributed by atoms with Crippen LogP contribution in [-0.2, 0) is 13.1 Å². The van der Waals surface area contributed by atoms with Crippen LogP contribution in [0.5, 0.6) is 0 Å². The molecule has 1 aromatic heterocycles. The average molecular weight is 449 g/mol. The van der Waals surface area contributed by atoms with E-state index in [4.69, 9.17) is 11.7 Å². The van der Waals surface area contributed by atoms with Gasteiger partial charge in [-0.05, 0) is 11.1 Å². The summed E-state index contributed by atoms with van der Waals surface area (Å²) < 4.78 is 0. The molecule has 0 spiro atoms. The lowest BCUT2D eigenvalue weighted by atomic mass is 10.1. The van der Waals surface area contributed by atoms with Gasteiger partial charge in [-0.25, -0.2) is 15.8 Å². The third kappa shape index (κ3) is 7.40. The number of aromatic nitrogens is 2. The van der Waals surface area contributed by atoms with Gasteiger partial charge in [0.05, 0.1) is 0 Å². The molecule has 172 valence electrons. The second-order valence-electron chi connectivity index (χ2n) is 6.46. The molecule has 0 aliphatic rings. The third-order valence-corrected chi connectivity index (χ3v) is 4.37. The molecule has 0 fully saturated rings. The summed E-state index contributed by atoms with van der Waals surface area (Å²) in [5, 5.41) is 9.07. The fourth-order valence-corrected chi connectivity index (χ4v) is 2.72. The summed E-state index contributed by atoms with van der Waals surface area (Å²) in [4.78, 5) is 32.7. The molecule has 2 amide bonds. The third-order valence-electron chi connectivity index (χ3n) is 4.37. The highest BCUT2D eigenvalue weighted by molar-refractivity contribution is 5.98. The minimum absolute atomic E-state index is 0.0985. The van der Waals surface area contributed by atoms with Gasteiger partial charge in [-0.15, -0.1) is 0 Å². The highest BCUT2D eigenvalue weighted by Gasteiger charge is 2.13. The maximum atomic E-state index is 12.4. The van der Waals surface area contributed by atoms with Crippen LogP contribution in [0.15, 0.2) is 72.1 Å². The molecule has 0 bridgehead atoms. The van der Waals surface area contributed by atoms with E-state index in [1.165, 1.54) is 12.4 Å². The molecular weight excluding hydrogens is 420 g/mol. The molecular formula is C23H28N8O2. The number of nitrogens with one attached hydrogen (secondary N) is 3. The Balaban J connectivity index is 0.00000187. The van der Waals surface area contributed by atoms with Crippen LogP contribution in [0.3, 0.4) is 0 Å². The first kappa shape index (κ1) is 25.0. The summed E-state index contributed by atoms with van der Waals surface area (Å²) in [6.07, 6.45) is 1.19. The second kappa shape index (κ2) is 13.2. The van der Waals surface area contributed by atoms with E-state index < -0.39 is 5.91 Å². The quantitative estimate of drug-likeness (QED) is 0.158. The van der Waals surface area contributed by atoms with Crippen LogP contribution in [0.4, 0.5) is 0 Å². The summed E-state index contributed by atoms with van der Waals surface area (Å²) in [7, 11) is 0. The van der Waals surface area contributed by atoms with E-state index in [9.17, 15) is 9.59 Å². The van der Waals surface area contributed by atoms with Crippen LogP contribution in [0, 0.1) is 0 Å². The van der Waals surface area contributed by atoms with E-state index >= 15 is 0 Å². The Labute approximate surface area is 192 Å². The zero-order valence-corrected chi connectivity index (χ0v) is 18.6. The van der Waals surface area contributed by atoms with Crippen molar-refractivity contribution in [1.82, 2.24) is 26.0 Å². The number of carbonyl (C=O) groups excluding carboxylic acids is 2. The summed E-state index contributed by atoms with van der Waals surface area (Å²) in [6, 6.07) is 18.0. The van der Waals surface area contributed by atoms with Gasteiger partial charge in [0.2, 0.25) is 0 Å². The van der Waals surface area contributed by atoms with Crippen LogP contribution in [-0.4, -0.2) is 27.6 Å². The number of hydrazine groups is 1. The molecule has 33 heavy (non-hydrogen) atoms. The van der Waals surface area contributed by atoms with E-state index in [-0.39, 0.29) is 23.8 Å². The molecule has 0 radical (unpaired) electrons. The Morgan fingerprint density at radius 3 is 1.85 bits per heavy atom. The van der Waals surface area contributed by atoms with Crippen LogP contribution < -0.4 is 27.7 Å². The predicted octanol–water partition coefficient (Wildman–Crippen LogP) is 1.45. The van der Waals surface area contributed by atoms with E-state index in [1.54, 1.807) is 24.3 Å². The predicted molar refractivity (Wildman–Crippen MR) is 127 cm³/mol. The summed E-state index contributed by atoms with van der Waals surface area (Å²) in [5.41, 5.74) is 5.13. The Morgan fingerprint density at radius 2 is 1.36 bits per heavy atom. The normalized spacial score (nSPS) is 10.5. The molecule has 3 rings (SSSR count). The van der Waals surface area contributed by atoms with Crippen LogP contribution in [0.1, 0.15) is 51.5 Å². The number of amidine groups is 1. The highest BCUT2D eigenvalue weighted by Crippen LogP contribution is 2.06. The van der Waals surface area contributed by atoms with Crippen molar-refractivity contribution < 1.29 is 9.59 Å². The van der Waals surface area contributed by atoms with Gasteiger partial charge < -0.3 is 21.9 Å². The molecule has 7 N–H and O–H groups in total. The largest absolute Gasteiger partial charge is 0.347 e. The molecule has 10 nitrogen and oxygen atoms in total. The molecule has 3 aromatic rings. The zero-order valence-electron chi connectivity index (χ0n) is 18.6. The maximum Gasteiger partial charge on any atom is 0.270 e. The number of benzene rings is 2. The van der Waals surface area contributed by atoms with Crippen molar-refractivity contribution in [3.8, 4) is 0 Å². The summed E-state index contributed by atoms with van der Waals surface area (Å²) in [5.74, 6) is 10.1. The van der Waals surface area contributed by atoms with Gasteiger partial charge in [-0.2, -0.15) is 5.10 Å². The van der Waals surface area contributed by atoms with E-state index in [0.717, 1.165) is 11.1 Å². The number of nitrogens with zero attached hydrogens (tertiary/aromatic N) is 3. The molecule has 0 saturated carbocycles. The van der Waals surface area contributed by atoms with Gasteiger partial charge in [-0.1, -0.05) is 68.4 Å². The fourth-order valence-electron chi connectivity index (χ4n) is 2.72. The smallest absolute Gasteiger partial charge is 0.270 e. The molecule has 0 unspecified atom stereocenters. The Kier molecular flexibility index (Phi) is 9.96. The standard InChI is InChI=1S/C21H22N8O2.C2H6/c22-28-19(29-23)16-8-6-15(7-9-16)12-25-21(31)18-10-17(26-13-27-18)20(30)24-11-14-4-2-1-3-5-14;1-2/h1-10,13H,11-12,22-23H2,(H,24,30)(H,25,31)(H,28,29);1-2H3. The van der Waals surface area contributed by atoms with Crippen molar-refractivity contribution >= 4 is 17.6 Å². The Hall–Kier alpha value is -4.31. The van der Waals surface area contributed by atoms with Gasteiger partial charge in [0.15, 0.2) is 5.84 Å². The van der Waals surface area contributed by atoms with Crippen LogP contribution in [0.25, 0.3) is 0 Å². The first-order valence-corrected chi connectivity index (χ1v) is 10.4. The zero-order chi connectivity index (χ0) is 24.1. The minimum Gasteiger partial charge on any atom is -0.347 e. The number of hydrogen-bond acceptors (Lipinski definition) is 7. The lowest BCUT2D eigenvalue weighted by molar-refractivity contribution is 0.0944. The van der Waals surface area contributed by atoms with Gasteiger partial charge >= 0.3 is 0 Å². The molecule has 0 aliphatic heterocycles. The molecule has 10 heteroatoms. The average Bonchev–Trinajstić information content (AvgIpc) is 2.89. The van der Waals surface area contributed by atoms with Gasteiger partial charge in [0.1, 0.15) is 17.7 Å². The van der Waals surface area contributed by atoms with Crippen molar-refractivity contribution in [2.24, 2.45) is 16.8 Å². The Morgan fingerprint density at radius 1 is 0.848 bits per heavy atom. The lowest BCUT2D eigenvalue weighted by Gasteiger charge is -2.08. The molecule has 0 aliphatic carbocycles. The van der Waals surface area contributed by atoms with Crippen LogP contribution in [0.2, 0.25) is 0 Å². The van der Waals surface area contributed by atoms with Crippen molar-refractivity contribution in [3.05, 3.63) is 95.1 Å². The lowest BCUT2D eigenvalue weighted by Crippen LogP contribution is -2.32. The SMILES string of the molecule is CC.N/N=C(\NN)c1ccc(CNC(=O)c2cc(C(=O)NCc3ccccc3)ncn2)cc1. The number of amides is 2.